The fourth-order valence-electron chi connectivity index (χ4n) is 2.29. The van der Waals surface area contributed by atoms with Gasteiger partial charge < -0.3 is 0 Å². The summed E-state index contributed by atoms with van der Waals surface area (Å²) in [5.74, 6) is 2.58. The third-order valence-corrected chi connectivity index (χ3v) is 2.67. The zero-order valence-electron chi connectivity index (χ0n) is 7.52. The van der Waals surface area contributed by atoms with Crippen LogP contribution in [0.4, 0.5) is 0 Å². The Bertz CT molecular complexity index is 142. The van der Waals surface area contributed by atoms with Gasteiger partial charge in [-0.2, -0.15) is 0 Å². The third kappa shape index (κ3) is 1.25. The van der Waals surface area contributed by atoms with Crippen LogP contribution >= 0.6 is 0 Å². The first-order valence-electron chi connectivity index (χ1n) is 4.29. The molecule has 0 nitrogen and oxygen atoms in total. The van der Waals surface area contributed by atoms with E-state index >= 15 is 0 Å². The second kappa shape index (κ2) is 2.77. The third-order valence-electron chi connectivity index (χ3n) is 2.67. The minimum atomic E-state index is 0.828. The Morgan fingerprint density at radius 1 is 1.50 bits per heavy atom. The summed E-state index contributed by atoms with van der Waals surface area (Å²) < 4.78 is 0. The lowest BCUT2D eigenvalue weighted by Gasteiger charge is -2.21. The monoisotopic (exact) mass is 138 g/mol. The lowest BCUT2D eigenvalue weighted by molar-refractivity contribution is 0.343. The predicted octanol–water partition coefficient (Wildman–Crippen LogP) is 3.24. The van der Waals surface area contributed by atoms with Gasteiger partial charge in [0, 0.05) is 0 Å². The van der Waals surface area contributed by atoms with Crippen molar-refractivity contribution in [1.29, 1.82) is 0 Å². The summed E-state index contributed by atoms with van der Waals surface area (Å²) in [5.41, 5.74) is 1.61. The summed E-state index contributed by atoms with van der Waals surface area (Å²) in [6, 6.07) is 0. The van der Waals surface area contributed by atoms with Crippen molar-refractivity contribution in [3.63, 3.8) is 0 Å². The Kier molecular flexibility index (Phi) is 2.18. The molecule has 2 atom stereocenters. The average molecular weight is 138 g/mol. The van der Waals surface area contributed by atoms with Crippen LogP contribution in [0, 0.1) is 17.8 Å². The van der Waals surface area contributed by atoms with Crippen LogP contribution in [0.1, 0.15) is 34.1 Å². The zero-order chi connectivity index (χ0) is 7.72. The van der Waals surface area contributed by atoms with Crippen LogP contribution in [0.2, 0.25) is 0 Å². The molecule has 0 heteroatoms. The van der Waals surface area contributed by atoms with Crippen molar-refractivity contribution in [3.8, 4) is 0 Å². The van der Waals surface area contributed by atoms with Crippen LogP contribution in [0.5, 0.6) is 0 Å². The van der Waals surface area contributed by atoms with Crippen molar-refractivity contribution in [1.82, 2.24) is 0 Å². The van der Waals surface area contributed by atoms with Gasteiger partial charge in [-0.3, -0.25) is 0 Å². The van der Waals surface area contributed by atoms with E-state index in [1.807, 2.05) is 0 Å². The standard InChI is InChI=1S/C10H18/c1-7(2)10-8(3)5-6-9(10)4/h5,7,9-10H,6H2,1-4H3/t9-,10+/m0/s1. The van der Waals surface area contributed by atoms with Crippen LogP contribution in [-0.4, -0.2) is 0 Å². The van der Waals surface area contributed by atoms with E-state index in [2.05, 4.69) is 33.8 Å². The molecule has 10 heavy (non-hydrogen) atoms. The van der Waals surface area contributed by atoms with Crippen molar-refractivity contribution in [2.24, 2.45) is 17.8 Å². The molecule has 0 aliphatic heterocycles. The highest BCUT2D eigenvalue weighted by molar-refractivity contribution is 5.12. The Hall–Kier alpha value is -0.260. The lowest BCUT2D eigenvalue weighted by Crippen LogP contribution is -2.13. The van der Waals surface area contributed by atoms with Crippen molar-refractivity contribution >= 4 is 0 Å². The van der Waals surface area contributed by atoms with E-state index in [-0.39, 0.29) is 0 Å². The summed E-state index contributed by atoms with van der Waals surface area (Å²) in [7, 11) is 0. The van der Waals surface area contributed by atoms with Gasteiger partial charge in [0.05, 0.1) is 0 Å². The Balaban J connectivity index is 2.64. The lowest BCUT2D eigenvalue weighted by atomic mass is 9.84. The number of hydrogen-bond acceptors (Lipinski definition) is 0. The smallest absolute Gasteiger partial charge is 0.0154 e. The molecule has 58 valence electrons. The quantitative estimate of drug-likeness (QED) is 0.488. The van der Waals surface area contributed by atoms with Crippen LogP contribution in [0.25, 0.3) is 0 Å². The van der Waals surface area contributed by atoms with E-state index in [1.54, 1.807) is 5.57 Å². The first kappa shape index (κ1) is 7.84. The van der Waals surface area contributed by atoms with Gasteiger partial charge in [-0.1, -0.05) is 32.4 Å². The van der Waals surface area contributed by atoms with E-state index in [4.69, 9.17) is 0 Å². The highest BCUT2D eigenvalue weighted by Crippen LogP contribution is 2.36. The van der Waals surface area contributed by atoms with Crippen molar-refractivity contribution < 1.29 is 0 Å². The van der Waals surface area contributed by atoms with Crippen molar-refractivity contribution in [2.45, 2.75) is 34.1 Å². The van der Waals surface area contributed by atoms with Crippen LogP contribution in [0.15, 0.2) is 11.6 Å². The fraction of sp³-hybridized carbons (Fsp3) is 0.800. The summed E-state index contributed by atoms with van der Waals surface area (Å²) in [5, 5.41) is 0. The molecule has 0 bridgehead atoms. The molecule has 0 aromatic heterocycles. The zero-order valence-corrected chi connectivity index (χ0v) is 7.52. The first-order chi connectivity index (χ1) is 4.63. The molecule has 0 fully saturated rings. The van der Waals surface area contributed by atoms with E-state index in [0.29, 0.717) is 0 Å². The topological polar surface area (TPSA) is 0 Å². The van der Waals surface area contributed by atoms with Gasteiger partial charge in [0.15, 0.2) is 0 Å². The molecule has 0 amide bonds. The normalized spacial score (nSPS) is 33.1. The number of hydrogen-bond donors (Lipinski definition) is 0. The summed E-state index contributed by atoms with van der Waals surface area (Å²) in [6.45, 7) is 9.28. The average Bonchev–Trinajstić information content (AvgIpc) is 2.11. The molecule has 1 rings (SSSR count). The van der Waals surface area contributed by atoms with Crippen molar-refractivity contribution in [2.75, 3.05) is 0 Å². The van der Waals surface area contributed by atoms with Gasteiger partial charge in [0.1, 0.15) is 0 Å². The Labute approximate surface area is 64.3 Å². The molecule has 0 saturated heterocycles. The van der Waals surface area contributed by atoms with Gasteiger partial charge in [0.25, 0.3) is 0 Å². The van der Waals surface area contributed by atoms with Crippen LogP contribution in [-0.2, 0) is 0 Å². The number of allylic oxidation sites excluding steroid dienone is 2. The van der Waals surface area contributed by atoms with E-state index in [0.717, 1.165) is 17.8 Å². The maximum Gasteiger partial charge on any atom is -0.0154 e. The molecule has 0 unspecified atom stereocenters. The second-order valence-electron chi connectivity index (χ2n) is 3.93. The minimum Gasteiger partial charge on any atom is -0.0850 e. The summed E-state index contributed by atoms with van der Waals surface area (Å²) in [6.07, 6.45) is 3.70. The Morgan fingerprint density at radius 2 is 2.10 bits per heavy atom. The van der Waals surface area contributed by atoms with Gasteiger partial charge >= 0.3 is 0 Å². The van der Waals surface area contributed by atoms with Crippen molar-refractivity contribution in [3.05, 3.63) is 11.6 Å². The minimum absolute atomic E-state index is 0.828. The molecular weight excluding hydrogens is 120 g/mol. The number of rotatable bonds is 1. The van der Waals surface area contributed by atoms with Crippen LogP contribution < -0.4 is 0 Å². The Morgan fingerprint density at radius 3 is 2.30 bits per heavy atom. The molecule has 0 aromatic rings. The maximum absolute atomic E-state index is 2.40. The summed E-state index contributed by atoms with van der Waals surface area (Å²) >= 11 is 0. The highest BCUT2D eigenvalue weighted by atomic mass is 14.3. The molecule has 0 radical (unpaired) electrons. The predicted molar refractivity (Wildman–Crippen MR) is 45.9 cm³/mol. The maximum atomic E-state index is 2.40. The van der Waals surface area contributed by atoms with E-state index < -0.39 is 0 Å². The van der Waals surface area contributed by atoms with Gasteiger partial charge in [0.2, 0.25) is 0 Å². The molecule has 0 spiro atoms. The molecule has 0 aromatic carbocycles. The van der Waals surface area contributed by atoms with Gasteiger partial charge in [-0.25, -0.2) is 0 Å². The molecule has 0 heterocycles. The molecule has 0 saturated carbocycles. The molecule has 1 aliphatic carbocycles. The first-order valence-corrected chi connectivity index (χ1v) is 4.29. The molecular formula is C10H18. The molecule has 1 aliphatic rings. The second-order valence-corrected chi connectivity index (χ2v) is 3.93. The SMILES string of the molecule is CC1=CC[C@H](C)[C@@H]1C(C)C. The fourth-order valence-corrected chi connectivity index (χ4v) is 2.29. The van der Waals surface area contributed by atoms with Crippen LogP contribution in [0.3, 0.4) is 0 Å². The highest BCUT2D eigenvalue weighted by Gasteiger charge is 2.25. The van der Waals surface area contributed by atoms with Gasteiger partial charge in [-0.05, 0) is 31.1 Å². The van der Waals surface area contributed by atoms with E-state index in [9.17, 15) is 0 Å². The van der Waals surface area contributed by atoms with Gasteiger partial charge in [-0.15, -0.1) is 0 Å². The summed E-state index contributed by atoms with van der Waals surface area (Å²) in [4.78, 5) is 0. The largest absolute Gasteiger partial charge is 0.0850 e. The van der Waals surface area contributed by atoms with E-state index in [1.165, 1.54) is 6.42 Å². The molecule has 0 N–H and O–H groups in total.